The largest absolute Gasteiger partial charge is 0.370 e. The van der Waals surface area contributed by atoms with E-state index in [0.717, 1.165) is 31.7 Å². The van der Waals surface area contributed by atoms with Crippen molar-refractivity contribution in [2.45, 2.75) is 31.7 Å². The number of nitrogens with zero attached hydrogens (tertiary/aromatic N) is 2. The Kier molecular flexibility index (Phi) is 4.31. The van der Waals surface area contributed by atoms with Gasteiger partial charge in [0.1, 0.15) is 0 Å². The lowest BCUT2D eigenvalue weighted by Crippen LogP contribution is -2.43. The third-order valence-corrected chi connectivity index (χ3v) is 4.91. The minimum absolute atomic E-state index is 0.0507. The minimum atomic E-state index is -0.406. The molecule has 2 heterocycles. The third-order valence-electron chi connectivity index (χ3n) is 4.61. The summed E-state index contributed by atoms with van der Waals surface area (Å²) in [6, 6.07) is 5.39. The van der Waals surface area contributed by atoms with Gasteiger partial charge in [0.05, 0.1) is 15.6 Å². The first kappa shape index (κ1) is 14.6. The number of rotatable bonds is 3. The molecule has 0 saturated carbocycles. The van der Waals surface area contributed by atoms with Crippen LogP contribution < -0.4 is 10.2 Å². The second-order valence-corrected chi connectivity index (χ2v) is 6.35. The topological polar surface area (TPSA) is 58.4 Å². The molecule has 21 heavy (non-hydrogen) atoms. The van der Waals surface area contributed by atoms with Gasteiger partial charge in [-0.05, 0) is 44.2 Å². The lowest BCUT2D eigenvalue weighted by molar-refractivity contribution is -0.384. The Hall–Kier alpha value is -1.33. The molecule has 1 aromatic carbocycles. The minimum Gasteiger partial charge on any atom is -0.370 e. The molecule has 0 spiro atoms. The molecule has 2 fully saturated rings. The van der Waals surface area contributed by atoms with Gasteiger partial charge in [0.25, 0.3) is 5.69 Å². The normalized spacial score (nSPS) is 26.0. The van der Waals surface area contributed by atoms with Crippen molar-refractivity contribution in [3.8, 4) is 0 Å². The van der Waals surface area contributed by atoms with Crippen LogP contribution in [0.15, 0.2) is 18.2 Å². The van der Waals surface area contributed by atoms with Crippen LogP contribution in [0.1, 0.15) is 25.7 Å². The number of hydrogen-bond acceptors (Lipinski definition) is 4. The number of halogens is 1. The summed E-state index contributed by atoms with van der Waals surface area (Å²) in [6.07, 6.45) is 4.92. The molecule has 1 N–H and O–H groups in total. The zero-order valence-corrected chi connectivity index (χ0v) is 12.7. The molecule has 2 aliphatic heterocycles. The number of piperidine rings is 1. The summed E-state index contributed by atoms with van der Waals surface area (Å²) in [5.74, 6) is 0.646. The highest BCUT2D eigenvalue weighted by atomic mass is 35.5. The monoisotopic (exact) mass is 309 g/mol. The van der Waals surface area contributed by atoms with Crippen molar-refractivity contribution in [3.05, 3.63) is 33.3 Å². The van der Waals surface area contributed by atoms with Crippen LogP contribution in [0.5, 0.6) is 0 Å². The van der Waals surface area contributed by atoms with E-state index in [-0.39, 0.29) is 5.69 Å². The highest BCUT2D eigenvalue weighted by Gasteiger charge is 2.29. The fourth-order valence-corrected chi connectivity index (χ4v) is 3.83. The molecule has 6 heteroatoms. The van der Waals surface area contributed by atoms with Gasteiger partial charge >= 0.3 is 0 Å². The van der Waals surface area contributed by atoms with E-state index in [9.17, 15) is 10.1 Å². The predicted molar refractivity (Wildman–Crippen MR) is 84.1 cm³/mol. The smallest absolute Gasteiger partial charge is 0.271 e. The van der Waals surface area contributed by atoms with E-state index < -0.39 is 4.92 Å². The van der Waals surface area contributed by atoms with E-state index in [1.807, 2.05) is 0 Å². The van der Waals surface area contributed by atoms with Crippen molar-refractivity contribution in [2.75, 3.05) is 24.5 Å². The van der Waals surface area contributed by atoms with Crippen LogP contribution in [0.2, 0.25) is 5.02 Å². The summed E-state index contributed by atoms with van der Waals surface area (Å²) in [6.45, 7) is 3.08. The maximum Gasteiger partial charge on any atom is 0.271 e. The molecular weight excluding hydrogens is 290 g/mol. The van der Waals surface area contributed by atoms with Gasteiger partial charge in [0.2, 0.25) is 0 Å². The van der Waals surface area contributed by atoms with E-state index in [4.69, 9.17) is 11.6 Å². The summed E-state index contributed by atoms with van der Waals surface area (Å²) in [5.41, 5.74) is 0.972. The van der Waals surface area contributed by atoms with Crippen LogP contribution in [0.3, 0.4) is 0 Å². The molecule has 2 atom stereocenters. The quantitative estimate of drug-likeness (QED) is 0.688. The lowest BCUT2D eigenvalue weighted by Gasteiger charge is -2.37. The van der Waals surface area contributed by atoms with Gasteiger partial charge in [-0.1, -0.05) is 11.6 Å². The summed E-state index contributed by atoms with van der Waals surface area (Å²) in [7, 11) is 0. The van der Waals surface area contributed by atoms with Crippen molar-refractivity contribution in [3.63, 3.8) is 0 Å². The number of non-ortho nitro benzene ring substituents is 1. The standard InChI is InChI=1S/C15H20ClN3O2/c16-13-9-12(19(20)21)5-6-15(13)18-8-2-3-11(10-18)14-4-1-7-17-14/h5-6,9,11,14,17H,1-4,7-8,10H2. The Balaban J connectivity index is 1.75. The zero-order valence-electron chi connectivity index (χ0n) is 11.9. The predicted octanol–water partition coefficient (Wildman–Crippen LogP) is 3.22. The second-order valence-electron chi connectivity index (χ2n) is 5.94. The SMILES string of the molecule is O=[N+]([O-])c1ccc(N2CCCC(C3CCCN3)C2)c(Cl)c1. The molecule has 0 radical (unpaired) electrons. The molecule has 1 aromatic rings. The molecule has 0 aromatic heterocycles. The molecule has 3 rings (SSSR count). The summed E-state index contributed by atoms with van der Waals surface area (Å²) in [4.78, 5) is 12.7. The molecule has 114 valence electrons. The fraction of sp³-hybridized carbons (Fsp3) is 0.600. The highest BCUT2D eigenvalue weighted by Crippen LogP contribution is 2.34. The van der Waals surface area contributed by atoms with Crippen molar-refractivity contribution in [1.29, 1.82) is 0 Å². The molecule has 0 amide bonds. The Morgan fingerprint density at radius 2 is 2.19 bits per heavy atom. The van der Waals surface area contributed by atoms with Crippen LogP contribution in [0.25, 0.3) is 0 Å². The summed E-state index contributed by atoms with van der Waals surface area (Å²) < 4.78 is 0. The van der Waals surface area contributed by atoms with Gasteiger partial charge in [-0.25, -0.2) is 0 Å². The van der Waals surface area contributed by atoms with Gasteiger partial charge < -0.3 is 10.2 Å². The molecule has 2 saturated heterocycles. The molecular formula is C15H20ClN3O2. The fourth-order valence-electron chi connectivity index (χ4n) is 3.54. The summed E-state index contributed by atoms with van der Waals surface area (Å²) in [5, 5.41) is 14.9. The van der Waals surface area contributed by atoms with E-state index >= 15 is 0 Å². The van der Waals surface area contributed by atoms with Crippen molar-refractivity contribution < 1.29 is 4.92 Å². The average Bonchev–Trinajstić information content (AvgIpc) is 3.01. The van der Waals surface area contributed by atoms with Crippen LogP contribution >= 0.6 is 11.6 Å². The number of nitrogens with one attached hydrogen (secondary N) is 1. The highest BCUT2D eigenvalue weighted by molar-refractivity contribution is 6.33. The first-order valence-corrected chi connectivity index (χ1v) is 7.95. The maximum absolute atomic E-state index is 10.8. The van der Waals surface area contributed by atoms with Crippen LogP contribution in [-0.2, 0) is 0 Å². The number of nitro benzene ring substituents is 1. The van der Waals surface area contributed by atoms with Crippen molar-refractivity contribution in [2.24, 2.45) is 5.92 Å². The Morgan fingerprint density at radius 3 is 2.86 bits per heavy atom. The summed E-state index contributed by atoms with van der Waals surface area (Å²) >= 11 is 6.25. The van der Waals surface area contributed by atoms with Crippen LogP contribution in [0, 0.1) is 16.0 Å². The van der Waals surface area contributed by atoms with Gasteiger partial charge in [0.15, 0.2) is 0 Å². The van der Waals surface area contributed by atoms with E-state index in [2.05, 4.69) is 10.2 Å². The average molecular weight is 310 g/mol. The van der Waals surface area contributed by atoms with Gasteiger partial charge in [-0.15, -0.1) is 0 Å². The van der Waals surface area contributed by atoms with E-state index in [1.165, 1.54) is 25.3 Å². The Labute approximate surface area is 129 Å². The lowest BCUT2D eigenvalue weighted by atomic mass is 9.89. The maximum atomic E-state index is 10.8. The molecule has 2 unspecified atom stereocenters. The molecule has 0 bridgehead atoms. The van der Waals surface area contributed by atoms with Crippen LogP contribution in [-0.4, -0.2) is 30.6 Å². The van der Waals surface area contributed by atoms with Gasteiger partial charge in [0, 0.05) is 31.3 Å². The first-order chi connectivity index (χ1) is 10.1. The van der Waals surface area contributed by atoms with Gasteiger partial charge in [-0.2, -0.15) is 0 Å². The Morgan fingerprint density at radius 1 is 1.33 bits per heavy atom. The van der Waals surface area contributed by atoms with Crippen molar-refractivity contribution in [1.82, 2.24) is 5.32 Å². The molecule has 0 aliphatic carbocycles. The van der Waals surface area contributed by atoms with Crippen LogP contribution in [0.4, 0.5) is 11.4 Å². The van der Waals surface area contributed by atoms with Crippen molar-refractivity contribution >= 4 is 23.0 Å². The number of benzene rings is 1. The number of nitro groups is 1. The first-order valence-electron chi connectivity index (χ1n) is 7.57. The molecule has 2 aliphatic rings. The number of anilines is 1. The Bertz CT molecular complexity index is 532. The number of hydrogen-bond donors (Lipinski definition) is 1. The molecule has 5 nitrogen and oxygen atoms in total. The van der Waals surface area contributed by atoms with E-state index in [1.54, 1.807) is 12.1 Å². The van der Waals surface area contributed by atoms with Gasteiger partial charge in [-0.3, -0.25) is 10.1 Å². The third kappa shape index (κ3) is 3.14. The second kappa shape index (κ2) is 6.20. The zero-order chi connectivity index (χ0) is 14.8. The van der Waals surface area contributed by atoms with E-state index in [0.29, 0.717) is 17.0 Å².